The fourth-order valence-corrected chi connectivity index (χ4v) is 2.01. The summed E-state index contributed by atoms with van der Waals surface area (Å²) in [5.74, 6) is 0. The van der Waals surface area contributed by atoms with Gasteiger partial charge in [0.25, 0.3) is 0 Å². The Labute approximate surface area is 119 Å². The lowest BCUT2D eigenvalue weighted by Gasteiger charge is -2.17. The first kappa shape index (κ1) is 14.9. The van der Waals surface area contributed by atoms with Gasteiger partial charge in [-0.1, -0.05) is 0 Å². The summed E-state index contributed by atoms with van der Waals surface area (Å²) < 4.78 is 40.0. The molecule has 2 rings (SSSR count). The number of nitrogens with one attached hydrogen (secondary N) is 1. The van der Waals surface area contributed by atoms with Gasteiger partial charge in [0.05, 0.1) is 23.5 Å². The maximum atomic E-state index is 12.7. The van der Waals surface area contributed by atoms with Crippen molar-refractivity contribution in [2.45, 2.75) is 25.7 Å². The number of nitrogens with zero attached hydrogens (tertiary/aromatic N) is 3. The van der Waals surface area contributed by atoms with Crippen molar-refractivity contribution in [1.29, 1.82) is 5.26 Å². The van der Waals surface area contributed by atoms with Gasteiger partial charge in [-0.3, -0.25) is 0 Å². The van der Waals surface area contributed by atoms with Gasteiger partial charge in [0, 0.05) is 30.7 Å². The number of hydrogen-bond donors (Lipinski definition) is 1. The van der Waals surface area contributed by atoms with Crippen LogP contribution in [0, 0.1) is 11.3 Å². The first-order valence-corrected chi connectivity index (χ1v) is 6.24. The van der Waals surface area contributed by atoms with Crippen molar-refractivity contribution < 1.29 is 13.2 Å². The Balaban J connectivity index is 2.13. The molecule has 0 aliphatic carbocycles. The second kappa shape index (κ2) is 5.87. The van der Waals surface area contributed by atoms with Crippen molar-refractivity contribution in [1.82, 2.24) is 9.55 Å². The van der Waals surface area contributed by atoms with Crippen LogP contribution in [0.3, 0.4) is 0 Å². The number of alkyl halides is 3. The predicted molar refractivity (Wildman–Crippen MR) is 71.5 cm³/mol. The summed E-state index contributed by atoms with van der Waals surface area (Å²) in [6.07, 6.45) is 0.585. The number of imidazole rings is 1. The van der Waals surface area contributed by atoms with Crippen molar-refractivity contribution >= 4 is 5.69 Å². The molecule has 0 saturated carbocycles. The molecule has 7 heteroatoms. The van der Waals surface area contributed by atoms with E-state index < -0.39 is 11.7 Å². The summed E-state index contributed by atoms with van der Waals surface area (Å²) in [5.41, 5.74) is -0.827. The van der Waals surface area contributed by atoms with E-state index in [1.807, 2.05) is 11.5 Å². The third-order valence-electron chi connectivity index (χ3n) is 2.90. The zero-order valence-electron chi connectivity index (χ0n) is 11.2. The fourth-order valence-electron chi connectivity index (χ4n) is 2.01. The molecule has 0 aliphatic heterocycles. The smallest absolute Gasteiger partial charge is 0.381 e. The number of rotatable bonds is 4. The zero-order chi connectivity index (χ0) is 15.5. The summed E-state index contributed by atoms with van der Waals surface area (Å²) in [7, 11) is 0. The Hall–Kier alpha value is -2.49. The van der Waals surface area contributed by atoms with Crippen molar-refractivity contribution in [3.8, 4) is 6.07 Å². The van der Waals surface area contributed by atoms with Gasteiger partial charge >= 0.3 is 6.18 Å². The van der Waals surface area contributed by atoms with E-state index in [2.05, 4.69) is 10.3 Å². The van der Waals surface area contributed by atoms with E-state index in [1.165, 1.54) is 12.1 Å². The first-order valence-electron chi connectivity index (χ1n) is 6.24. The van der Waals surface area contributed by atoms with E-state index in [4.69, 9.17) is 5.26 Å². The van der Waals surface area contributed by atoms with Gasteiger partial charge in [-0.25, -0.2) is 4.98 Å². The molecule has 1 aromatic heterocycles. The van der Waals surface area contributed by atoms with Crippen LogP contribution in [0.5, 0.6) is 0 Å². The fraction of sp³-hybridized carbons (Fsp3) is 0.286. The highest BCUT2D eigenvalue weighted by Crippen LogP contribution is 2.33. The Bertz CT molecular complexity index is 641. The molecule has 0 aliphatic rings. The van der Waals surface area contributed by atoms with Crippen LogP contribution in [0.15, 0.2) is 36.9 Å². The van der Waals surface area contributed by atoms with Crippen LogP contribution in [0.2, 0.25) is 0 Å². The van der Waals surface area contributed by atoms with Gasteiger partial charge in [0.1, 0.15) is 0 Å². The summed E-state index contributed by atoms with van der Waals surface area (Å²) in [5, 5.41) is 11.9. The SMILES string of the molecule is CC(Cn1ccnc1)Nc1ccc(C(F)(F)F)c(C#N)c1. The van der Waals surface area contributed by atoms with E-state index in [0.29, 0.717) is 12.2 Å². The monoisotopic (exact) mass is 294 g/mol. The minimum absolute atomic E-state index is 0.0255. The highest BCUT2D eigenvalue weighted by atomic mass is 19.4. The lowest BCUT2D eigenvalue weighted by atomic mass is 10.1. The normalized spacial score (nSPS) is 12.7. The lowest BCUT2D eigenvalue weighted by Crippen LogP contribution is -2.21. The molecule has 1 atom stereocenters. The molecule has 1 aromatic carbocycles. The molecule has 1 N–H and O–H groups in total. The molecule has 21 heavy (non-hydrogen) atoms. The molecular weight excluding hydrogens is 281 g/mol. The van der Waals surface area contributed by atoms with Crippen LogP contribution in [0.4, 0.5) is 18.9 Å². The largest absolute Gasteiger partial charge is 0.417 e. The van der Waals surface area contributed by atoms with E-state index >= 15 is 0 Å². The van der Waals surface area contributed by atoms with Crippen molar-refractivity contribution in [3.05, 3.63) is 48.0 Å². The Morgan fingerprint density at radius 2 is 2.19 bits per heavy atom. The van der Waals surface area contributed by atoms with Crippen LogP contribution in [-0.2, 0) is 12.7 Å². The van der Waals surface area contributed by atoms with Crippen LogP contribution in [-0.4, -0.2) is 15.6 Å². The van der Waals surface area contributed by atoms with Gasteiger partial charge < -0.3 is 9.88 Å². The summed E-state index contributed by atoms with van der Waals surface area (Å²) in [6, 6.07) is 5.03. The topological polar surface area (TPSA) is 53.6 Å². The molecule has 0 spiro atoms. The maximum absolute atomic E-state index is 12.7. The zero-order valence-corrected chi connectivity index (χ0v) is 11.2. The summed E-state index contributed by atoms with van der Waals surface area (Å²) >= 11 is 0. The molecule has 0 bridgehead atoms. The number of benzene rings is 1. The molecule has 4 nitrogen and oxygen atoms in total. The van der Waals surface area contributed by atoms with Crippen LogP contribution in [0.1, 0.15) is 18.1 Å². The number of hydrogen-bond acceptors (Lipinski definition) is 3. The Morgan fingerprint density at radius 3 is 2.76 bits per heavy atom. The predicted octanol–water partition coefficient (Wildman–Crippen LogP) is 3.27. The molecule has 1 heterocycles. The van der Waals surface area contributed by atoms with E-state index in [-0.39, 0.29) is 11.6 Å². The van der Waals surface area contributed by atoms with Crippen LogP contribution < -0.4 is 5.32 Å². The Kier molecular flexibility index (Phi) is 4.17. The van der Waals surface area contributed by atoms with Gasteiger partial charge in [-0.15, -0.1) is 0 Å². The van der Waals surface area contributed by atoms with Crippen LogP contribution in [0.25, 0.3) is 0 Å². The highest BCUT2D eigenvalue weighted by molar-refractivity contribution is 5.54. The Morgan fingerprint density at radius 1 is 1.43 bits per heavy atom. The lowest BCUT2D eigenvalue weighted by molar-refractivity contribution is -0.137. The molecular formula is C14H13F3N4. The molecule has 0 amide bonds. The number of nitriles is 1. The molecule has 0 saturated heterocycles. The maximum Gasteiger partial charge on any atom is 0.417 e. The highest BCUT2D eigenvalue weighted by Gasteiger charge is 2.33. The minimum atomic E-state index is -4.52. The average molecular weight is 294 g/mol. The minimum Gasteiger partial charge on any atom is -0.381 e. The third kappa shape index (κ3) is 3.75. The second-order valence-electron chi connectivity index (χ2n) is 4.67. The quantitative estimate of drug-likeness (QED) is 0.941. The van der Waals surface area contributed by atoms with Gasteiger partial charge in [0.2, 0.25) is 0 Å². The molecule has 2 aromatic rings. The van der Waals surface area contributed by atoms with Gasteiger partial charge in [-0.05, 0) is 25.1 Å². The van der Waals surface area contributed by atoms with Crippen LogP contribution >= 0.6 is 0 Å². The molecule has 0 radical (unpaired) electrons. The summed E-state index contributed by atoms with van der Waals surface area (Å²) in [4.78, 5) is 3.92. The van der Waals surface area contributed by atoms with Crippen molar-refractivity contribution in [2.24, 2.45) is 0 Å². The molecule has 110 valence electrons. The van der Waals surface area contributed by atoms with E-state index in [1.54, 1.807) is 24.8 Å². The van der Waals surface area contributed by atoms with Gasteiger partial charge in [0.15, 0.2) is 0 Å². The average Bonchev–Trinajstić information content (AvgIpc) is 2.89. The van der Waals surface area contributed by atoms with Crippen molar-refractivity contribution in [3.63, 3.8) is 0 Å². The number of anilines is 1. The first-order chi connectivity index (χ1) is 9.90. The van der Waals surface area contributed by atoms with Gasteiger partial charge in [-0.2, -0.15) is 18.4 Å². The molecule has 1 unspecified atom stereocenters. The van der Waals surface area contributed by atoms with E-state index in [9.17, 15) is 13.2 Å². The standard InChI is InChI=1S/C14H13F3N4/c1-10(8-21-5-4-19-9-21)20-12-2-3-13(14(15,16)17)11(6-12)7-18/h2-6,9-10,20H,8H2,1H3. The third-order valence-corrected chi connectivity index (χ3v) is 2.90. The summed E-state index contributed by atoms with van der Waals surface area (Å²) in [6.45, 7) is 2.51. The van der Waals surface area contributed by atoms with E-state index in [0.717, 1.165) is 6.07 Å². The number of aromatic nitrogens is 2. The van der Waals surface area contributed by atoms with Crippen molar-refractivity contribution in [2.75, 3.05) is 5.32 Å². The number of halogens is 3. The second-order valence-corrected chi connectivity index (χ2v) is 4.67. The molecule has 0 fully saturated rings.